The van der Waals surface area contributed by atoms with Gasteiger partial charge in [0.15, 0.2) is 0 Å². The number of alkyl halides is 3. The van der Waals surface area contributed by atoms with Crippen molar-refractivity contribution in [3.8, 4) is 0 Å². The molecule has 0 aliphatic carbocycles. The summed E-state index contributed by atoms with van der Waals surface area (Å²) in [7, 11) is 1.80. The molecule has 0 radical (unpaired) electrons. The highest BCUT2D eigenvalue weighted by molar-refractivity contribution is 7.99. The van der Waals surface area contributed by atoms with Crippen molar-refractivity contribution in [1.29, 1.82) is 0 Å². The van der Waals surface area contributed by atoms with Crippen molar-refractivity contribution >= 4 is 46.7 Å². The second-order valence-electron chi connectivity index (χ2n) is 6.28. The minimum atomic E-state index is -4.66. The molecule has 11 heteroatoms. The van der Waals surface area contributed by atoms with Gasteiger partial charge in [0.2, 0.25) is 5.95 Å². The summed E-state index contributed by atoms with van der Waals surface area (Å²) in [4.78, 5) is 18.7. The Kier molecular flexibility index (Phi) is 6.54. The number of carboxylic acids is 1. The van der Waals surface area contributed by atoms with Crippen LogP contribution >= 0.6 is 11.9 Å². The van der Waals surface area contributed by atoms with E-state index in [0.717, 1.165) is 0 Å². The first-order valence-corrected chi connectivity index (χ1v) is 10.1. The first kappa shape index (κ1) is 22.2. The third kappa shape index (κ3) is 5.37. The van der Waals surface area contributed by atoms with E-state index in [1.54, 1.807) is 35.6 Å². The molecule has 31 heavy (non-hydrogen) atoms. The van der Waals surface area contributed by atoms with Gasteiger partial charge in [0.1, 0.15) is 11.4 Å². The van der Waals surface area contributed by atoms with E-state index in [0.29, 0.717) is 23.3 Å². The van der Waals surface area contributed by atoms with E-state index in [4.69, 9.17) is 5.11 Å². The highest BCUT2D eigenvalue weighted by Gasteiger charge is 2.35. The Morgan fingerprint density at radius 2 is 1.77 bits per heavy atom. The average molecular weight is 449 g/mol. The molecule has 0 bridgehead atoms. The quantitative estimate of drug-likeness (QED) is 0.414. The molecule has 0 atom stereocenters. The van der Waals surface area contributed by atoms with E-state index < -0.39 is 23.5 Å². The fraction of sp³-hybridized carbons (Fsp3) is 0.150. The lowest BCUT2D eigenvalue weighted by atomic mass is 10.2. The van der Waals surface area contributed by atoms with Crippen molar-refractivity contribution in [3.05, 3.63) is 65.9 Å². The van der Waals surface area contributed by atoms with Gasteiger partial charge >= 0.3 is 12.1 Å². The van der Waals surface area contributed by atoms with Crippen molar-refractivity contribution in [3.63, 3.8) is 0 Å². The van der Waals surface area contributed by atoms with Gasteiger partial charge in [-0.1, -0.05) is 24.1 Å². The molecule has 0 amide bonds. The summed E-state index contributed by atoms with van der Waals surface area (Å²) in [5.74, 6) is -1.57. The molecule has 0 aliphatic rings. The van der Waals surface area contributed by atoms with Gasteiger partial charge in [-0.05, 0) is 36.4 Å². The number of nitrogens with one attached hydrogen (secondary N) is 2. The topological polar surface area (TPSA) is 90.4 Å². The van der Waals surface area contributed by atoms with Gasteiger partial charge < -0.3 is 20.0 Å². The second kappa shape index (κ2) is 9.13. The summed E-state index contributed by atoms with van der Waals surface area (Å²) in [5, 5.41) is 14.5. The molecule has 0 fully saturated rings. The van der Waals surface area contributed by atoms with Crippen LogP contribution in [0.25, 0.3) is 0 Å². The Hall–Kier alpha value is -3.47. The second-order valence-corrected chi connectivity index (χ2v) is 7.20. The molecule has 0 saturated carbocycles. The average Bonchev–Trinajstić information content (AvgIpc) is 2.73. The van der Waals surface area contributed by atoms with Crippen LogP contribution in [0.1, 0.15) is 15.9 Å². The molecule has 1 heterocycles. The van der Waals surface area contributed by atoms with Crippen LogP contribution in [0.3, 0.4) is 0 Å². The lowest BCUT2D eigenvalue weighted by Crippen LogP contribution is -2.14. The first-order chi connectivity index (χ1) is 14.7. The molecule has 0 spiro atoms. The number of aromatic carboxylic acids is 1. The number of nitrogens with zero attached hydrogens (tertiary/aromatic N) is 3. The van der Waals surface area contributed by atoms with E-state index in [-0.39, 0.29) is 11.5 Å². The molecule has 0 saturated heterocycles. The third-order valence-electron chi connectivity index (χ3n) is 4.25. The molecule has 1 aromatic heterocycles. The fourth-order valence-corrected chi connectivity index (χ4v) is 3.01. The minimum Gasteiger partial charge on any atom is -0.478 e. The Morgan fingerprint density at radius 3 is 2.39 bits per heavy atom. The molecule has 3 N–H and O–H groups in total. The molecule has 162 valence electrons. The SMILES string of the molecule is CSN(C)c1ccccc1Nc1nc(Nc2ccc(C(=O)O)cc2)ncc1C(F)(F)F. The molecular weight excluding hydrogens is 431 g/mol. The highest BCUT2D eigenvalue weighted by Crippen LogP contribution is 2.37. The van der Waals surface area contributed by atoms with Crippen LogP contribution in [0.15, 0.2) is 54.7 Å². The van der Waals surface area contributed by atoms with Gasteiger partial charge in [-0.2, -0.15) is 18.2 Å². The molecule has 2 aromatic carbocycles. The number of rotatable bonds is 7. The largest absolute Gasteiger partial charge is 0.478 e. The lowest BCUT2D eigenvalue weighted by Gasteiger charge is -2.21. The van der Waals surface area contributed by atoms with E-state index in [1.165, 1.54) is 36.2 Å². The van der Waals surface area contributed by atoms with Gasteiger partial charge in [-0.3, -0.25) is 0 Å². The number of carbonyl (C=O) groups is 1. The van der Waals surface area contributed by atoms with Crippen molar-refractivity contribution < 1.29 is 23.1 Å². The van der Waals surface area contributed by atoms with E-state index in [2.05, 4.69) is 20.6 Å². The Balaban J connectivity index is 1.96. The maximum Gasteiger partial charge on any atom is 0.421 e. The number of anilines is 5. The van der Waals surface area contributed by atoms with Crippen molar-refractivity contribution in [2.75, 3.05) is 28.2 Å². The number of benzene rings is 2. The van der Waals surface area contributed by atoms with Crippen molar-refractivity contribution in [1.82, 2.24) is 9.97 Å². The monoisotopic (exact) mass is 449 g/mol. The maximum absolute atomic E-state index is 13.5. The van der Waals surface area contributed by atoms with Gasteiger partial charge in [0.05, 0.1) is 16.9 Å². The molecule has 0 aliphatic heterocycles. The van der Waals surface area contributed by atoms with Crippen molar-refractivity contribution in [2.24, 2.45) is 0 Å². The first-order valence-electron chi connectivity index (χ1n) is 8.87. The number of carboxylic acid groups (broad SMARTS) is 1. The van der Waals surface area contributed by atoms with Gasteiger partial charge in [0, 0.05) is 25.2 Å². The van der Waals surface area contributed by atoms with Gasteiger partial charge in [-0.15, -0.1) is 0 Å². The van der Waals surface area contributed by atoms with Gasteiger partial charge in [0.25, 0.3) is 0 Å². The van der Waals surface area contributed by atoms with Crippen LogP contribution in [-0.2, 0) is 6.18 Å². The van der Waals surface area contributed by atoms with E-state index in [1.807, 2.05) is 6.26 Å². The van der Waals surface area contributed by atoms with E-state index in [9.17, 15) is 18.0 Å². The van der Waals surface area contributed by atoms with Crippen LogP contribution in [0.4, 0.5) is 42.0 Å². The summed E-state index contributed by atoms with van der Waals surface area (Å²) in [6, 6.07) is 12.6. The normalized spacial score (nSPS) is 11.1. The predicted octanol–water partition coefficient (Wildman–Crippen LogP) is 5.40. The highest BCUT2D eigenvalue weighted by atomic mass is 32.2. The van der Waals surface area contributed by atoms with Crippen LogP contribution in [0.2, 0.25) is 0 Å². The van der Waals surface area contributed by atoms with Crippen LogP contribution in [-0.4, -0.2) is 34.3 Å². The van der Waals surface area contributed by atoms with Gasteiger partial charge in [-0.25, -0.2) is 9.78 Å². The summed E-state index contributed by atoms with van der Waals surface area (Å²) >= 11 is 1.40. The van der Waals surface area contributed by atoms with Crippen LogP contribution in [0, 0.1) is 0 Å². The summed E-state index contributed by atoms with van der Waals surface area (Å²) < 4.78 is 42.4. The Bertz CT molecular complexity index is 1080. The number of hydrogen-bond acceptors (Lipinski definition) is 7. The van der Waals surface area contributed by atoms with Crippen molar-refractivity contribution in [2.45, 2.75) is 6.18 Å². The fourth-order valence-electron chi connectivity index (χ4n) is 2.65. The summed E-state index contributed by atoms with van der Waals surface area (Å²) in [6.07, 6.45) is -2.12. The number of aromatic nitrogens is 2. The Labute approximate surface area is 180 Å². The summed E-state index contributed by atoms with van der Waals surface area (Å²) in [5.41, 5.74) is 0.621. The van der Waals surface area contributed by atoms with E-state index >= 15 is 0 Å². The molecule has 3 aromatic rings. The zero-order valence-corrected chi connectivity index (χ0v) is 17.3. The zero-order valence-electron chi connectivity index (χ0n) is 16.4. The standard InChI is InChI=1S/C20H18F3N5O2S/c1-28(31-2)16-6-4-3-5-15(16)26-17-14(20(21,22)23)11-24-19(27-17)25-13-9-7-12(8-10-13)18(29)30/h3-11H,1-2H3,(H,29,30)(H2,24,25,26,27). The third-order valence-corrected chi connectivity index (χ3v) is 5.00. The molecule has 7 nitrogen and oxygen atoms in total. The lowest BCUT2D eigenvalue weighted by molar-refractivity contribution is -0.137. The minimum absolute atomic E-state index is 0.0747. The number of hydrogen-bond donors (Lipinski definition) is 3. The Morgan fingerprint density at radius 1 is 1.10 bits per heavy atom. The molecule has 3 rings (SSSR count). The molecular formula is C20H18F3N5O2S. The smallest absolute Gasteiger partial charge is 0.421 e. The molecule has 0 unspecified atom stereocenters. The van der Waals surface area contributed by atoms with Crippen LogP contribution < -0.4 is 14.9 Å². The zero-order chi connectivity index (χ0) is 22.6. The number of para-hydroxylation sites is 2. The number of halogens is 3. The van der Waals surface area contributed by atoms with Crippen LogP contribution in [0.5, 0.6) is 0 Å². The maximum atomic E-state index is 13.5. The summed E-state index contributed by atoms with van der Waals surface area (Å²) in [6.45, 7) is 0. The predicted molar refractivity (Wildman–Crippen MR) is 115 cm³/mol.